The van der Waals surface area contributed by atoms with Gasteiger partial charge in [0.1, 0.15) is 0 Å². The van der Waals surface area contributed by atoms with E-state index in [0.29, 0.717) is 30.8 Å². The minimum atomic E-state index is 0.102. The number of nitrogens with one attached hydrogen (secondary N) is 1. The molecule has 0 spiro atoms. The fourth-order valence-corrected chi connectivity index (χ4v) is 1.62. The molecule has 4 heteroatoms. The molecule has 16 heavy (non-hydrogen) atoms. The molecule has 1 amide bonds. The van der Waals surface area contributed by atoms with Crippen molar-refractivity contribution in [3.8, 4) is 0 Å². The van der Waals surface area contributed by atoms with E-state index in [0.717, 1.165) is 13.0 Å². The van der Waals surface area contributed by atoms with Crippen LogP contribution < -0.4 is 5.32 Å². The number of nitrogens with zero attached hydrogens (tertiary/aromatic N) is 1. The van der Waals surface area contributed by atoms with Crippen LogP contribution in [0.2, 0.25) is 0 Å². The summed E-state index contributed by atoms with van der Waals surface area (Å²) in [6.45, 7) is 8.29. The largest absolute Gasteiger partial charge is 0.355 e. The number of hydrogen-bond acceptors (Lipinski definition) is 2. The monoisotopic (exact) mass is 248 g/mol. The van der Waals surface area contributed by atoms with Crippen LogP contribution in [0.4, 0.5) is 0 Å². The van der Waals surface area contributed by atoms with Gasteiger partial charge in [-0.25, -0.2) is 0 Å². The molecule has 0 aliphatic rings. The van der Waals surface area contributed by atoms with Crippen LogP contribution in [0.25, 0.3) is 0 Å². The third kappa shape index (κ3) is 7.94. The van der Waals surface area contributed by atoms with Crippen LogP contribution in [0.1, 0.15) is 33.6 Å². The Bertz CT molecular complexity index is 197. The second kappa shape index (κ2) is 8.82. The Morgan fingerprint density at radius 3 is 2.50 bits per heavy atom. The van der Waals surface area contributed by atoms with Gasteiger partial charge in [-0.2, -0.15) is 0 Å². The van der Waals surface area contributed by atoms with Gasteiger partial charge in [0, 0.05) is 31.4 Å². The molecule has 0 aromatic rings. The quantitative estimate of drug-likeness (QED) is 0.668. The van der Waals surface area contributed by atoms with E-state index in [9.17, 15) is 4.79 Å². The first-order valence-corrected chi connectivity index (χ1v) is 6.53. The normalized spacial score (nSPS) is 13.2. The van der Waals surface area contributed by atoms with Crippen LogP contribution in [0.15, 0.2) is 0 Å². The average Bonchev–Trinajstić information content (AvgIpc) is 2.21. The molecule has 0 aromatic carbocycles. The number of rotatable bonds is 8. The zero-order valence-corrected chi connectivity index (χ0v) is 11.7. The van der Waals surface area contributed by atoms with Crippen molar-refractivity contribution in [2.24, 2.45) is 5.92 Å². The lowest BCUT2D eigenvalue weighted by atomic mass is 10.2. The SMILES string of the molecule is CC(C)CN(C)C(C)CNC(=O)CCCCl. The molecule has 1 unspecified atom stereocenters. The predicted octanol–water partition coefficient (Wildman–Crippen LogP) is 2.10. The van der Waals surface area contributed by atoms with Crippen molar-refractivity contribution >= 4 is 17.5 Å². The summed E-state index contributed by atoms with van der Waals surface area (Å²) in [6.07, 6.45) is 1.29. The Hall–Kier alpha value is -0.280. The first-order chi connectivity index (χ1) is 7.47. The zero-order chi connectivity index (χ0) is 12.6. The van der Waals surface area contributed by atoms with Crippen molar-refractivity contribution < 1.29 is 4.79 Å². The van der Waals surface area contributed by atoms with E-state index in [1.54, 1.807) is 0 Å². The van der Waals surface area contributed by atoms with Gasteiger partial charge in [-0.05, 0) is 26.3 Å². The fraction of sp³-hybridized carbons (Fsp3) is 0.917. The van der Waals surface area contributed by atoms with Crippen LogP contribution in [0.5, 0.6) is 0 Å². The molecule has 3 nitrogen and oxygen atoms in total. The number of amides is 1. The highest BCUT2D eigenvalue weighted by Gasteiger charge is 2.11. The molecule has 0 rings (SSSR count). The summed E-state index contributed by atoms with van der Waals surface area (Å²) >= 11 is 5.53. The van der Waals surface area contributed by atoms with Crippen LogP contribution in [-0.4, -0.2) is 42.9 Å². The lowest BCUT2D eigenvalue weighted by Gasteiger charge is -2.26. The molecule has 0 aromatic heterocycles. The highest BCUT2D eigenvalue weighted by molar-refractivity contribution is 6.17. The Kier molecular flexibility index (Phi) is 8.67. The van der Waals surface area contributed by atoms with Crippen molar-refractivity contribution in [2.75, 3.05) is 26.0 Å². The Balaban J connectivity index is 3.70. The number of alkyl halides is 1. The van der Waals surface area contributed by atoms with Crippen molar-refractivity contribution in [2.45, 2.75) is 39.7 Å². The van der Waals surface area contributed by atoms with Gasteiger partial charge in [0.15, 0.2) is 0 Å². The first kappa shape index (κ1) is 15.7. The minimum Gasteiger partial charge on any atom is -0.355 e. The summed E-state index contributed by atoms with van der Waals surface area (Å²) in [5, 5.41) is 2.93. The molecular weight excluding hydrogens is 224 g/mol. The highest BCUT2D eigenvalue weighted by Crippen LogP contribution is 2.01. The molecule has 0 bridgehead atoms. The van der Waals surface area contributed by atoms with E-state index in [-0.39, 0.29) is 5.91 Å². The Morgan fingerprint density at radius 1 is 1.38 bits per heavy atom. The number of carbonyl (C=O) groups is 1. The van der Waals surface area contributed by atoms with Gasteiger partial charge in [-0.15, -0.1) is 11.6 Å². The van der Waals surface area contributed by atoms with Gasteiger partial charge in [0.2, 0.25) is 5.91 Å². The standard InChI is InChI=1S/C12H25ClN2O/c1-10(2)9-15(4)11(3)8-14-12(16)6-5-7-13/h10-11H,5-9H2,1-4H3,(H,14,16). The zero-order valence-electron chi connectivity index (χ0n) is 10.9. The molecule has 0 saturated carbocycles. The maximum absolute atomic E-state index is 11.4. The molecular formula is C12H25ClN2O. The molecule has 0 aliphatic carbocycles. The third-order valence-corrected chi connectivity index (χ3v) is 2.80. The van der Waals surface area contributed by atoms with Crippen molar-refractivity contribution in [1.29, 1.82) is 0 Å². The van der Waals surface area contributed by atoms with Gasteiger partial charge < -0.3 is 10.2 Å². The third-order valence-electron chi connectivity index (χ3n) is 2.54. The second-order valence-electron chi connectivity index (χ2n) is 4.78. The summed E-state index contributed by atoms with van der Waals surface area (Å²) in [5.41, 5.74) is 0. The van der Waals surface area contributed by atoms with Crippen molar-refractivity contribution in [3.63, 3.8) is 0 Å². The van der Waals surface area contributed by atoms with E-state index < -0.39 is 0 Å². The van der Waals surface area contributed by atoms with Crippen molar-refractivity contribution in [1.82, 2.24) is 10.2 Å². The van der Waals surface area contributed by atoms with Crippen LogP contribution in [0, 0.1) is 5.92 Å². The summed E-state index contributed by atoms with van der Waals surface area (Å²) in [5.74, 6) is 1.31. The molecule has 0 aliphatic heterocycles. The number of carbonyl (C=O) groups excluding carboxylic acids is 1. The molecule has 1 N–H and O–H groups in total. The molecule has 0 fully saturated rings. The van der Waals surface area contributed by atoms with Crippen LogP contribution in [-0.2, 0) is 4.79 Å². The molecule has 0 saturated heterocycles. The lowest BCUT2D eigenvalue weighted by Crippen LogP contribution is -2.41. The van der Waals surface area contributed by atoms with Gasteiger partial charge in [-0.3, -0.25) is 4.79 Å². The average molecular weight is 249 g/mol. The minimum absolute atomic E-state index is 0.102. The van der Waals surface area contributed by atoms with Gasteiger partial charge in [-0.1, -0.05) is 13.8 Å². The fourth-order valence-electron chi connectivity index (χ4n) is 1.49. The topological polar surface area (TPSA) is 32.3 Å². The lowest BCUT2D eigenvalue weighted by molar-refractivity contribution is -0.121. The number of halogens is 1. The van der Waals surface area contributed by atoms with E-state index >= 15 is 0 Å². The molecule has 0 heterocycles. The predicted molar refractivity (Wildman–Crippen MR) is 69.9 cm³/mol. The molecule has 1 atom stereocenters. The van der Waals surface area contributed by atoms with Crippen LogP contribution >= 0.6 is 11.6 Å². The van der Waals surface area contributed by atoms with Gasteiger partial charge in [0.25, 0.3) is 0 Å². The molecule has 0 radical (unpaired) electrons. The summed E-state index contributed by atoms with van der Waals surface area (Å²) in [6, 6.07) is 0.377. The number of likely N-dealkylation sites (N-methyl/N-ethyl adjacent to an activating group) is 1. The second-order valence-corrected chi connectivity index (χ2v) is 5.16. The smallest absolute Gasteiger partial charge is 0.220 e. The Labute approximate surface area is 105 Å². The summed E-state index contributed by atoms with van der Waals surface area (Å²) in [4.78, 5) is 13.6. The summed E-state index contributed by atoms with van der Waals surface area (Å²) in [7, 11) is 2.09. The van der Waals surface area contributed by atoms with Gasteiger partial charge in [0.05, 0.1) is 0 Å². The molecule has 96 valence electrons. The maximum atomic E-state index is 11.4. The van der Waals surface area contributed by atoms with Gasteiger partial charge >= 0.3 is 0 Å². The highest BCUT2D eigenvalue weighted by atomic mass is 35.5. The van der Waals surface area contributed by atoms with E-state index in [4.69, 9.17) is 11.6 Å². The number of hydrogen-bond donors (Lipinski definition) is 1. The first-order valence-electron chi connectivity index (χ1n) is 6.00. The van der Waals surface area contributed by atoms with E-state index in [1.807, 2.05) is 0 Å². The van der Waals surface area contributed by atoms with E-state index in [2.05, 4.69) is 38.0 Å². The summed E-state index contributed by atoms with van der Waals surface area (Å²) < 4.78 is 0. The Morgan fingerprint density at radius 2 is 2.00 bits per heavy atom. The van der Waals surface area contributed by atoms with E-state index in [1.165, 1.54) is 0 Å². The van der Waals surface area contributed by atoms with Crippen LogP contribution in [0.3, 0.4) is 0 Å². The maximum Gasteiger partial charge on any atom is 0.220 e. The van der Waals surface area contributed by atoms with Crippen molar-refractivity contribution in [3.05, 3.63) is 0 Å².